The van der Waals surface area contributed by atoms with Crippen molar-refractivity contribution in [2.75, 3.05) is 25.1 Å². The lowest BCUT2D eigenvalue weighted by molar-refractivity contribution is -0.116. The van der Waals surface area contributed by atoms with Gasteiger partial charge in [-0.1, -0.05) is 28.1 Å². The Morgan fingerprint density at radius 1 is 1.27 bits per heavy atom. The van der Waals surface area contributed by atoms with Gasteiger partial charge in [-0.2, -0.15) is 0 Å². The molecule has 1 aliphatic rings. The molecule has 6 nitrogen and oxygen atoms in total. The van der Waals surface area contributed by atoms with E-state index < -0.39 is 5.91 Å². The summed E-state index contributed by atoms with van der Waals surface area (Å²) in [6.07, 6.45) is 1.56. The molecule has 1 aliphatic heterocycles. The number of primary amides is 1. The number of nitrogens with one attached hydrogen (secondary N) is 2. The highest BCUT2D eigenvalue weighted by Gasteiger charge is 2.34. The minimum absolute atomic E-state index is 0.128. The SMILES string of the molecule is NC(=O)c1ccsc1NC(=O)CNC1(c2cccc(Br)c2)CCOCC1. The normalized spacial score (nSPS) is 16.2. The maximum absolute atomic E-state index is 12.4. The van der Waals surface area contributed by atoms with E-state index in [1.54, 1.807) is 11.4 Å². The fourth-order valence-electron chi connectivity index (χ4n) is 3.09. The number of rotatable bonds is 6. The Bertz CT molecular complexity index is 802. The molecule has 0 saturated carbocycles. The number of halogens is 1. The second-order valence-corrected chi connectivity index (χ2v) is 7.97. The van der Waals surface area contributed by atoms with Gasteiger partial charge >= 0.3 is 0 Å². The lowest BCUT2D eigenvalue weighted by Gasteiger charge is -2.38. The molecule has 3 rings (SSSR count). The van der Waals surface area contributed by atoms with E-state index >= 15 is 0 Å². The molecule has 0 aliphatic carbocycles. The first-order valence-electron chi connectivity index (χ1n) is 8.26. The van der Waals surface area contributed by atoms with Crippen LogP contribution in [0.15, 0.2) is 40.2 Å². The Balaban J connectivity index is 1.71. The smallest absolute Gasteiger partial charge is 0.251 e. The molecule has 0 bridgehead atoms. The van der Waals surface area contributed by atoms with Crippen LogP contribution in [0.1, 0.15) is 28.8 Å². The highest BCUT2D eigenvalue weighted by molar-refractivity contribution is 9.10. The zero-order chi connectivity index (χ0) is 18.6. The van der Waals surface area contributed by atoms with Crippen LogP contribution in [0.5, 0.6) is 0 Å². The van der Waals surface area contributed by atoms with Crippen LogP contribution in [-0.2, 0) is 15.1 Å². The van der Waals surface area contributed by atoms with Crippen molar-refractivity contribution < 1.29 is 14.3 Å². The summed E-state index contributed by atoms with van der Waals surface area (Å²) in [6, 6.07) is 9.71. The molecule has 2 aromatic rings. The molecule has 8 heteroatoms. The van der Waals surface area contributed by atoms with Crippen molar-refractivity contribution in [3.8, 4) is 0 Å². The minimum atomic E-state index is -0.551. The van der Waals surface area contributed by atoms with Crippen LogP contribution in [0, 0.1) is 0 Å². The third-order valence-corrected chi connectivity index (χ3v) is 5.82. The number of hydrogen-bond acceptors (Lipinski definition) is 5. The molecule has 1 fully saturated rings. The van der Waals surface area contributed by atoms with Crippen molar-refractivity contribution >= 4 is 44.1 Å². The Hall–Kier alpha value is -1.74. The van der Waals surface area contributed by atoms with Crippen LogP contribution in [0.4, 0.5) is 5.00 Å². The fraction of sp³-hybridized carbons (Fsp3) is 0.333. The Labute approximate surface area is 164 Å². The predicted molar refractivity (Wildman–Crippen MR) is 105 cm³/mol. The van der Waals surface area contributed by atoms with Crippen LogP contribution in [0.3, 0.4) is 0 Å². The van der Waals surface area contributed by atoms with Crippen LogP contribution in [0.2, 0.25) is 0 Å². The van der Waals surface area contributed by atoms with E-state index in [1.165, 1.54) is 11.3 Å². The number of hydrogen-bond donors (Lipinski definition) is 3. The number of ether oxygens (including phenoxy) is 1. The number of anilines is 1. The molecule has 1 aromatic heterocycles. The number of thiophene rings is 1. The molecular weight excluding hydrogens is 418 g/mol. The van der Waals surface area contributed by atoms with E-state index in [0.717, 1.165) is 22.9 Å². The monoisotopic (exact) mass is 437 g/mol. The molecule has 1 saturated heterocycles. The average Bonchev–Trinajstić information content (AvgIpc) is 3.09. The zero-order valence-corrected chi connectivity index (χ0v) is 16.5. The summed E-state index contributed by atoms with van der Waals surface area (Å²) < 4.78 is 6.51. The lowest BCUT2D eigenvalue weighted by Crippen LogP contribution is -2.49. The maximum Gasteiger partial charge on any atom is 0.251 e. The first kappa shape index (κ1) is 19.0. The first-order chi connectivity index (χ1) is 12.5. The molecule has 0 unspecified atom stereocenters. The number of nitrogens with two attached hydrogens (primary N) is 1. The summed E-state index contributed by atoms with van der Waals surface area (Å²) >= 11 is 4.79. The third kappa shape index (κ3) is 4.32. The average molecular weight is 438 g/mol. The molecule has 2 heterocycles. The summed E-state index contributed by atoms with van der Waals surface area (Å²) in [5.41, 5.74) is 6.45. The van der Waals surface area contributed by atoms with Crippen LogP contribution in [0.25, 0.3) is 0 Å². The maximum atomic E-state index is 12.4. The van der Waals surface area contributed by atoms with E-state index in [9.17, 15) is 9.59 Å². The Morgan fingerprint density at radius 2 is 2.04 bits per heavy atom. The van der Waals surface area contributed by atoms with Crippen molar-refractivity contribution in [2.45, 2.75) is 18.4 Å². The van der Waals surface area contributed by atoms with E-state index in [4.69, 9.17) is 10.5 Å². The van der Waals surface area contributed by atoms with Gasteiger partial charge in [0.25, 0.3) is 5.91 Å². The zero-order valence-electron chi connectivity index (χ0n) is 14.1. The first-order valence-corrected chi connectivity index (χ1v) is 9.93. The molecule has 0 spiro atoms. The molecular formula is C18H20BrN3O3S. The fourth-order valence-corrected chi connectivity index (χ4v) is 4.30. The van der Waals surface area contributed by atoms with Crippen molar-refractivity contribution in [1.29, 1.82) is 0 Å². The molecule has 26 heavy (non-hydrogen) atoms. The second kappa shape index (κ2) is 8.30. The van der Waals surface area contributed by atoms with Crippen LogP contribution in [-0.4, -0.2) is 31.6 Å². The van der Waals surface area contributed by atoms with Gasteiger partial charge in [-0.3, -0.25) is 14.9 Å². The van der Waals surface area contributed by atoms with E-state index in [0.29, 0.717) is 23.8 Å². The predicted octanol–water partition coefficient (Wildman–Crippen LogP) is 2.84. The summed E-state index contributed by atoms with van der Waals surface area (Å²) in [7, 11) is 0. The summed E-state index contributed by atoms with van der Waals surface area (Å²) in [6.45, 7) is 1.40. The Morgan fingerprint density at radius 3 is 2.73 bits per heavy atom. The molecule has 138 valence electrons. The van der Waals surface area contributed by atoms with Crippen LogP contribution >= 0.6 is 27.3 Å². The van der Waals surface area contributed by atoms with E-state index in [1.807, 2.05) is 12.1 Å². The topological polar surface area (TPSA) is 93.5 Å². The van der Waals surface area contributed by atoms with Crippen molar-refractivity contribution in [3.63, 3.8) is 0 Å². The third-order valence-electron chi connectivity index (χ3n) is 4.49. The Kier molecular flexibility index (Phi) is 6.08. The standard InChI is InChI=1S/C18H20BrN3O3S/c19-13-3-1-2-12(10-13)18(5-7-25-8-6-18)21-11-15(23)22-17-14(16(20)24)4-9-26-17/h1-4,9-10,21H,5-8,11H2,(H2,20,24)(H,22,23). The number of carbonyl (C=O) groups is 2. The molecule has 0 atom stereocenters. The lowest BCUT2D eigenvalue weighted by atomic mass is 9.82. The van der Waals surface area contributed by atoms with Gasteiger partial charge in [0.15, 0.2) is 0 Å². The largest absolute Gasteiger partial charge is 0.381 e. The van der Waals surface area contributed by atoms with Gasteiger partial charge in [0.05, 0.1) is 12.1 Å². The molecule has 0 radical (unpaired) electrons. The van der Waals surface area contributed by atoms with E-state index in [2.05, 4.69) is 38.7 Å². The summed E-state index contributed by atoms with van der Waals surface area (Å²) in [4.78, 5) is 23.8. The minimum Gasteiger partial charge on any atom is -0.381 e. The molecule has 4 N–H and O–H groups in total. The van der Waals surface area contributed by atoms with Gasteiger partial charge in [0.2, 0.25) is 5.91 Å². The summed E-state index contributed by atoms with van der Waals surface area (Å²) in [5.74, 6) is -0.764. The van der Waals surface area contributed by atoms with Gasteiger partial charge in [0.1, 0.15) is 5.00 Å². The van der Waals surface area contributed by atoms with Gasteiger partial charge < -0.3 is 15.8 Å². The molecule has 2 amide bonds. The summed E-state index contributed by atoms with van der Waals surface area (Å²) in [5, 5.41) is 8.39. The number of amides is 2. The van der Waals surface area contributed by atoms with Crippen LogP contribution < -0.4 is 16.4 Å². The van der Waals surface area contributed by atoms with Gasteiger partial charge in [-0.25, -0.2) is 0 Å². The van der Waals surface area contributed by atoms with Crippen molar-refractivity contribution in [3.05, 3.63) is 51.3 Å². The van der Waals surface area contributed by atoms with Crippen molar-refractivity contribution in [2.24, 2.45) is 5.73 Å². The van der Waals surface area contributed by atoms with Crippen molar-refractivity contribution in [1.82, 2.24) is 5.32 Å². The molecule has 1 aromatic carbocycles. The van der Waals surface area contributed by atoms with Gasteiger partial charge in [-0.05, 0) is 42.0 Å². The highest BCUT2D eigenvalue weighted by Crippen LogP contribution is 2.33. The highest BCUT2D eigenvalue weighted by atomic mass is 79.9. The van der Waals surface area contributed by atoms with Gasteiger partial charge in [0, 0.05) is 23.2 Å². The quantitative estimate of drug-likeness (QED) is 0.647. The second-order valence-electron chi connectivity index (χ2n) is 6.13. The van der Waals surface area contributed by atoms with Gasteiger partial charge in [-0.15, -0.1) is 11.3 Å². The number of benzene rings is 1. The van der Waals surface area contributed by atoms with E-state index in [-0.39, 0.29) is 18.0 Å². The number of carbonyl (C=O) groups excluding carboxylic acids is 2.